The highest BCUT2D eigenvalue weighted by Crippen LogP contribution is 2.10. The molecule has 1 N–H and O–H groups in total. The Hall–Kier alpha value is -1.02. The van der Waals surface area contributed by atoms with Gasteiger partial charge in [-0.3, -0.25) is 4.79 Å². The maximum absolute atomic E-state index is 11.7. The van der Waals surface area contributed by atoms with E-state index in [1.165, 1.54) is 0 Å². The Morgan fingerprint density at radius 1 is 1.31 bits per heavy atom. The molecule has 0 spiro atoms. The van der Waals surface area contributed by atoms with Gasteiger partial charge in [0.15, 0.2) is 0 Å². The summed E-state index contributed by atoms with van der Waals surface area (Å²) < 4.78 is 0. The highest BCUT2D eigenvalue weighted by Gasteiger charge is 2.20. The summed E-state index contributed by atoms with van der Waals surface area (Å²) in [4.78, 5) is 11.7. The van der Waals surface area contributed by atoms with Gasteiger partial charge in [0.25, 0.3) is 0 Å². The first-order valence-electron chi connectivity index (χ1n) is 5.38. The summed E-state index contributed by atoms with van der Waals surface area (Å²) in [7, 11) is 0. The highest BCUT2D eigenvalue weighted by atomic mass is 35.5. The molecule has 0 unspecified atom stereocenters. The van der Waals surface area contributed by atoms with Gasteiger partial charge >= 0.3 is 0 Å². The third-order valence-corrected chi connectivity index (χ3v) is 2.39. The predicted octanol–water partition coefficient (Wildman–Crippen LogP) is 2.75. The lowest BCUT2D eigenvalue weighted by molar-refractivity contribution is -0.122. The van der Waals surface area contributed by atoms with E-state index in [2.05, 4.69) is 5.32 Å². The first kappa shape index (κ1) is 13.0. The van der Waals surface area contributed by atoms with Gasteiger partial charge in [-0.25, -0.2) is 0 Å². The number of hydrogen-bond donors (Lipinski definition) is 1. The topological polar surface area (TPSA) is 29.1 Å². The first-order valence-corrected chi connectivity index (χ1v) is 5.82. The van der Waals surface area contributed by atoms with Crippen LogP contribution < -0.4 is 5.32 Å². The lowest BCUT2D eigenvalue weighted by Gasteiger charge is -2.22. The molecule has 0 aliphatic carbocycles. The molecule has 2 nitrogen and oxygen atoms in total. The molecule has 1 rings (SSSR count). The van der Waals surface area contributed by atoms with E-state index in [9.17, 15) is 4.79 Å². The van der Waals surface area contributed by atoms with Gasteiger partial charge in [0, 0.05) is 5.54 Å². The van der Waals surface area contributed by atoms with Crippen LogP contribution in [-0.2, 0) is 11.2 Å². The molecule has 1 atom stereocenters. The quantitative estimate of drug-likeness (QED) is 0.808. The molecule has 0 fully saturated rings. The number of amides is 1. The zero-order valence-electron chi connectivity index (χ0n) is 9.96. The Kier molecular flexibility index (Phi) is 4.36. The van der Waals surface area contributed by atoms with E-state index in [0.717, 1.165) is 5.56 Å². The summed E-state index contributed by atoms with van der Waals surface area (Å²) in [6, 6.07) is 9.78. The van der Waals surface area contributed by atoms with Crippen molar-refractivity contribution in [2.24, 2.45) is 0 Å². The van der Waals surface area contributed by atoms with Gasteiger partial charge in [0.1, 0.15) is 5.38 Å². The van der Waals surface area contributed by atoms with Gasteiger partial charge in [-0.05, 0) is 32.8 Å². The van der Waals surface area contributed by atoms with Crippen LogP contribution in [0.15, 0.2) is 30.3 Å². The summed E-state index contributed by atoms with van der Waals surface area (Å²) in [5.74, 6) is -0.113. The van der Waals surface area contributed by atoms with Gasteiger partial charge in [-0.1, -0.05) is 30.3 Å². The SMILES string of the molecule is CC(C)(C)NC(=O)[C@@H](Cl)Cc1ccccc1. The molecule has 1 aromatic rings. The smallest absolute Gasteiger partial charge is 0.238 e. The van der Waals surface area contributed by atoms with E-state index in [0.29, 0.717) is 6.42 Å². The molecule has 1 amide bonds. The fraction of sp³-hybridized carbons (Fsp3) is 0.462. The fourth-order valence-electron chi connectivity index (χ4n) is 1.36. The standard InChI is InChI=1S/C13H18ClNO/c1-13(2,3)15-12(16)11(14)9-10-7-5-4-6-8-10/h4-8,11H,9H2,1-3H3,(H,15,16)/t11-/m0/s1. The molecule has 3 heteroatoms. The maximum atomic E-state index is 11.7. The van der Waals surface area contributed by atoms with Crippen molar-refractivity contribution in [1.82, 2.24) is 5.32 Å². The number of nitrogens with one attached hydrogen (secondary N) is 1. The van der Waals surface area contributed by atoms with Crippen molar-refractivity contribution in [3.8, 4) is 0 Å². The lowest BCUT2D eigenvalue weighted by Crippen LogP contribution is -2.44. The number of hydrogen-bond acceptors (Lipinski definition) is 1. The Morgan fingerprint density at radius 3 is 2.38 bits per heavy atom. The van der Waals surface area contributed by atoms with Crippen molar-refractivity contribution in [2.45, 2.75) is 38.1 Å². The zero-order chi connectivity index (χ0) is 12.2. The van der Waals surface area contributed by atoms with Gasteiger partial charge in [-0.2, -0.15) is 0 Å². The molecule has 0 aromatic heterocycles. The molecule has 0 aliphatic rings. The van der Waals surface area contributed by atoms with E-state index in [1.807, 2.05) is 51.1 Å². The largest absolute Gasteiger partial charge is 0.350 e. The number of halogens is 1. The van der Waals surface area contributed by atoms with Crippen LogP contribution >= 0.6 is 11.6 Å². The second-order valence-corrected chi connectivity index (χ2v) is 5.42. The molecular weight excluding hydrogens is 222 g/mol. The monoisotopic (exact) mass is 239 g/mol. The number of carbonyl (C=O) groups is 1. The van der Waals surface area contributed by atoms with Gasteiger partial charge in [0.2, 0.25) is 5.91 Å². The lowest BCUT2D eigenvalue weighted by atomic mass is 10.1. The predicted molar refractivity (Wildman–Crippen MR) is 67.7 cm³/mol. The zero-order valence-corrected chi connectivity index (χ0v) is 10.7. The van der Waals surface area contributed by atoms with Crippen molar-refractivity contribution in [3.63, 3.8) is 0 Å². The van der Waals surface area contributed by atoms with Crippen molar-refractivity contribution in [2.75, 3.05) is 0 Å². The second-order valence-electron chi connectivity index (χ2n) is 4.90. The van der Waals surface area contributed by atoms with Gasteiger partial charge in [-0.15, -0.1) is 11.6 Å². The summed E-state index contributed by atoms with van der Waals surface area (Å²) in [6.07, 6.45) is 0.560. The Balaban J connectivity index is 2.53. The van der Waals surface area contributed by atoms with Crippen molar-refractivity contribution in [1.29, 1.82) is 0 Å². The molecular formula is C13H18ClNO. The fourth-order valence-corrected chi connectivity index (χ4v) is 1.59. The average molecular weight is 240 g/mol. The normalized spacial score (nSPS) is 13.2. The average Bonchev–Trinajstić information content (AvgIpc) is 2.16. The second kappa shape index (κ2) is 5.35. The van der Waals surface area contributed by atoms with Crippen LogP contribution in [0.4, 0.5) is 0 Å². The van der Waals surface area contributed by atoms with Crippen LogP contribution in [0.2, 0.25) is 0 Å². The Morgan fingerprint density at radius 2 is 1.88 bits per heavy atom. The van der Waals surface area contributed by atoms with E-state index in [4.69, 9.17) is 11.6 Å². The minimum atomic E-state index is -0.512. The molecule has 16 heavy (non-hydrogen) atoms. The molecule has 88 valence electrons. The number of alkyl halides is 1. The Bertz CT molecular complexity index is 343. The summed E-state index contributed by atoms with van der Waals surface area (Å²) in [5.41, 5.74) is 0.840. The van der Waals surface area contributed by atoms with Crippen LogP contribution in [-0.4, -0.2) is 16.8 Å². The number of carbonyl (C=O) groups excluding carboxylic acids is 1. The van der Waals surface area contributed by atoms with Gasteiger partial charge in [0.05, 0.1) is 0 Å². The van der Waals surface area contributed by atoms with Crippen LogP contribution in [0.5, 0.6) is 0 Å². The summed E-state index contributed by atoms with van der Waals surface area (Å²) in [5, 5.41) is 2.36. The molecule has 0 heterocycles. The van der Waals surface area contributed by atoms with Crippen molar-refractivity contribution < 1.29 is 4.79 Å². The molecule has 0 saturated heterocycles. The Labute approximate surface area is 102 Å². The molecule has 0 bridgehead atoms. The van der Waals surface area contributed by atoms with Crippen molar-refractivity contribution in [3.05, 3.63) is 35.9 Å². The first-order chi connectivity index (χ1) is 7.38. The minimum Gasteiger partial charge on any atom is -0.350 e. The molecule has 0 aliphatic heterocycles. The third kappa shape index (κ3) is 4.67. The third-order valence-electron chi connectivity index (χ3n) is 2.04. The van der Waals surface area contributed by atoms with E-state index >= 15 is 0 Å². The maximum Gasteiger partial charge on any atom is 0.238 e. The van der Waals surface area contributed by atoms with Crippen LogP contribution in [0, 0.1) is 0 Å². The minimum absolute atomic E-state index is 0.113. The summed E-state index contributed by atoms with van der Waals surface area (Å²) >= 11 is 6.06. The molecule has 0 radical (unpaired) electrons. The van der Waals surface area contributed by atoms with Crippen LogP contribution in [0.25, 0.3) is 0 Å². The van der Waals surface area contributed by atoms with Crippen LogP contribution in [0.1, 0.15) is 26.3 Å². The summed E-state index contributed by atoms with van der Waals surface area (Å²) in [6.45, 7) is 5.82. The highest BCUT2D eigenvalue weighted by molar-refractivity contribution is 6.30. The number of rotatable bonds is 3. The van der Waals surface area contributed by atoms with E-state index in [-0.39, 0.29) is 11.4 Å². The molecule has 1 aromatic carbocycles. The van der Waals surface area contributed by atoms with E-state index in [1.54, 1.807) is 0 Å². The van der Waals surface area contributed by atoms with Gasteiger partial charge < -0.3 is 5.32 Å². The van der Waals surface area contributed by atoms with Crippen LogP contribution in [0.3, 0.4) is 0 Å². The molecule has 0 saturated carbocycles. The van der Waals surface area contributed by atoms with Crippen molar-refractivity contribution >= 4 is 17.5 Å². The van der Waals surface area contributed by atoms with E-state index < -0.39 is 5.38 Å². The number of benzene rings is 1.